The molecule has 6 nitrogen and oxygen atoms in total. The number of benzene rings is 1. The Morgan fingerprint density at radius 3 is 2.42 bits per heavy atom. The highest BCUT2D eigenvalue weighted by atomic mass is 32.2. The van der Waals surface area contributed by atoms with Gasteiger partial charge in [0, 0.05) is 17.8 Å². The Labute approximate surface area is 159 Å². The van der Waals surface area contributed by atoms with Crippen LogP contribution in [0.25, 0.3) is 0 Å². The Morgan fingerprint density at radius 2 is 1.85 bits per heavy atom. The third kappa shape index (κ3) is 8.99. The number of carbonyl (C=O) groups excluding carboxylic acids is 2. The highest BCUT2D eigenvalue weighted by Gasteiger charge is 2.25. The van der Waals surface area contributed by atoms with Crippen molar-refractivity contribution >= 4 is 30.4 Å². The van der Waals surface area contributed by atoms with E-state index in [1.807, 2.05) is 51.1 Å². The van der Waals surface area contributed by atoms with Gasteiger partial charge >= 0.3 is 5.97 Å². The van der Waals surface area contributed by atoms with Gasteiger partial charge < -0.3 is 9.26 Å². The first-order valence-electron chi connectivity index (χ1n) is 8.39. The lowest BCUT2D eigenvalue weighted by Crippen LogP contribution is -2.33. The summed E-state index contributed by atoms with van der Waals surface area (Å²) in [6.07, 6.45) is 0. The molecular weight excluding hydrogens is 373 g/mol. The van der Waals surface area contributed by atoms with Gasteiger partial charge in [-0.25, -0.2) is 5.09 Å². The molecule has 0 heterocycles. The molecule has 1 rings (SSSR count). The summed E-state index contributed by atoms with van der Waals surface area (Å²) < 4.78 is 23.0. The third-order valence-corrected chi connectivity index (χ3v) is 6.05. The lowest BCUT2D eigenvalue weighted by Gasteiger charge is -2.20. The van der Waals surface area contributed by atoms with E-state index >= 15 is 0 Å². The van der Waals surface area contributed by atoms with E-state index in [0.717, 1.165) is 17.3 Å². The van der Waals surface area contributed by atoms with Gasteiger partial charge in [0.05, 0.1) is 6.61 Å². The Kier molecular flexibility index (Phi) is 9.04. The van der Waals surface area contributed by atoms with Crippen molar-refractivity contribution in [1.29, 1.82) is 0 Å². The SMILES string of the molecule is C[C@H](NP(C)(=O)OCCSC(=O)C(C)(C)C)C(=O)OCc1ccccc1. The maximum absolute atomic E-state index is 12.4. The van der Waals surface area contributed by atoms with Gasteiger partial charge in [-0.2, -0.15) is 0 Å². The second-order valence-corrected chi connectivity index (χ2v) is 10.3. The van der Waals surface area contributed by atoms with Crippen LogP contribution in [0.2, 0.25) is 0 Å². The van der Waals surface area contributed by atoms with Gasteiger partial charge in [0.25, 0.3) is 7.52 Å². The Morgan fingerprint density at radius 1 is 1.23 bits per heavy atom. The largest absolute Gasteiger partial charge is 0.460 e. The van der Waals surface area contributed by atoms with Crippen LogP contribution in [0, 0.1) is 5.41 Å². The smallest absolute Gasteiger partial charge is 0.323 e. The molecule has 0 aliphatic carbocycles. The highest BCUT2D eigenvalue weighted by Crippen LogP contribution is 2.38. The van der Waals surface area contributed by atoms with Gasteiger partial charge in [0.2, 0.25) is 0 Å². The minimum atomic E-state index is -3.17. The first kappa shape index (κ1) is 22.9. The minimum Gasteiger partial charge on any atom is -0.460 e. The van der Waals surface area contributed by atoms with Gasteiger partial charge in [-0.1, -0.05) is 62.9 Å². The number of rotatable bonds is 9. The Hall–Kier alpha value is -1.14. The predicted octanol–water partition coefficient (Wildman–Crippen LogP) is 3.85. The fraction of sp³-hybridized carbons (Fsp3) is 0.556. The molecule has 0 amide bonds. The maximum atomic E-state index is 12.4. The standard InChI is InChI=1S/C18H28NO5PS/c1-14(16(20)23-13-15-9-7-6-8-10-15)19-25(5,22)24-11-12-26-17(21)18(2,3)4/h6-10,14H,11-13H2,1-5H3,(H,19,22)/t14-,25?/m0/s1. The van der Waals surface area contributed by atoms with Crippen LogP contribution in [-0.4, -0.2) is 36.2 Å². The summed E-state index contributed by atoms with van der Waals surface area (Å²) >= 11 is 1.15. The molecule has 0 spiro atoms. The van der Waals surface area contributed by atoms with Crippen LogP contribution in [0.15, 0.2) is 30.3 Å². The molecule has 0 radical (unpaired) electrons. The van der Waals surface area contributed by atoms with Crippen molar-refractivity contribution in [3.8, 4) is 0 Å². The van der Waals surface area contributed by atoms with E-state index in [-0.39, 0.29) is 18.3 Å². The predicted molar refractivity (Wildman–Crippen MR) is 105 cm³/mol. The fourth-order valence-corrected chi connectivity index (χ4v) is 4.09. The Bertz CT molecular complexity index is 645. The van der Waals surface area contributed by atoms with Gasteiger partial charge in [-0.15, -0.1) is 0 Å². The van der Waals surface area contributed by atoms with Crippen molar-refractivity contribution in [2.75, 3.05) is 19.0 Å². The molecule has 0 aromatic heterocycles. The van der Waals surface area contributed by atoms with E-state index in [4.69, 9.17) is 9.26 Å². The summed E-state index contributed by atoms with van der Waals surface area (Å²) in [7, 11) is -3.17. The maximum Gasteiger partial charge on any atom is 0.323 e. The molecule has 0 saturated carbocycles. The van der Waals surface area contributed by atoms with Crippen LogP contribution >= 0.6 is 19.3 Å². The van der Waals surface area contributed by atoms with Crippen molar-refractivity contribution in [1.82, 2.24) is 5.09 Å². The van der Waals surface area contributed by atoms with E-state index in [1.54, 1.807) is 6.92 Å². The summed E-state index contributed by atoms with van der Waals surface area (Å²) in [6, 6.07) is 8.56. The average molecular weight is 401 g/mol. The first-order chi connectivity index (χ1) is 12.0. The first-order valence-corrected chi connectivity index (χ1v) is 11.4. The lowest BCUT2D eigenvalue weighted by molar-refractivity contribution is -0.146. The van der Waals surface area contributed by atoms with E-state index in [0.29, 0.717) is 5.75 Å². The number of carbonyl (C=O) groups is 2. The second kappa shape index (κ2) is 10.3. The van der Waals surface area contributed by atoms with Crippen molar-refractivity contribution < 1.29 is 23.4 Å². The monoisotopic (exact) mass is 401 g/mol. The molecule has 1 N–H and O–H groups in total. The highest BCUT2D eigenvalue weighted by molar-refractivity contribution is 8.13. The number of nitrogens with one attached hydrogen (secondary N) is 1. The summed E-state index contributed by atoms with van der Waals surface area (Å²) in [5.74, 6) is -0.0977. The van der Waals surface area contributed by atoms with Crippen molar-refractivity contribution in [3.63, 3.8) is 0 Å². The lowest BCUT2D eigenvalue weighted by atomic mass is 10.00. The third-order valence-electron chi connectivity index (χ3n) is 3.27. The topological polar surface area (TPSA) is 81.7 Å². The van der Waals surface area contributed by atoms with Gasteiger partial charge in [0.1, 0.15) is 12.6 Å². The number of thioether (sulfide) groups is 1. The van der Waals surface area contributed by atoms with Crippen molar-refractivity contribution in [3.05, 3.63) is 35.9 Å². The zero-order valence-electron chi connectivity index (χ0n) is 16.0. The average Bonchev–Trinajstić information content (AvgIpc) is 2.56. The normalized spacial score (nSPS) is 15.1. The molecular formula is C18H28NO5PS. The molecule has 0 aliphatic heterocycles. The van der Waals surface area contributed by atoms with Gasteiger partial charge in [0.15, 0.2) is 5.12 Å². The summed E-state index contributed by atoms with van der Waals surface area (Å²) in [5.41, 5.74) is 0.458. The van der Waals surface area contributed by atoms with Crippen molar-refractivity contribution in [2.24, 2.45) is 5.41 Å². The molecule has 2 atom stereocenters. The molecule has 0 aliphatic rings. The Balaban J connectivity index is 2.34. The molecule has 0 bridgehead atoms. The van der Waals surface area contributed by atoms with E-state index in [9.17, 15) is 14.2 Å². The van der Waals surface area contributed by atoms with E-state index < -0.39 is 24.9 Å². The molecule has 1 aromatic carbocycles. The molecule has 1 unspecified atom stereocenters. The molecule has 0 fully saturated rings. The summed E-state index contributed by atoms with van der Waals surface area (Å²) in [4.78, 5) is 23.8. The number of hydrogen-bond donors (Lipinski definition) is 1. The molecule has 8 heteroatoms. The molecule has 1 aromatic rings. The fourth-order valence-electron chi connectivity index (χ4n) is 1.86. The zero-order chi connectivity index (χ0) is 19.8. The van der Waals surface area contributed by atoms with Crippen LogP contribution in [-0.2, 0) is 30.0 Å². The van der Waals surface area contributed by atoms with Gasteiger partial charge in [-0.3, -0.25) is 14.2 Å². The summed E-state index contributed by atoms with van der Waals surface area (Å²) in [5, 5.41) is 2.73. The zero-order valence-corrected chi connectivity index (χ0v) is 17.7. The second-order valence-electron chi connectivity index (χ2n) is 7.01. The quantitative estimate of drug-likeness (QED) is 0.382. The number of esters is 1. The van der Waals surface area contributed by atoms with E-state index in [2.05, 4.69) is 5.09 Å². The number of ether oxygens (including phenoxy) is 1. The molecule has 146 valence electrons. The number of hydrogen-bond acceptors (Lipinski definition) is 6. The minimum absolute atomic E-state index is 0.0536. The van der Waals surface area contributed by atoms with E-state index in [1.165, 1.54) is 6.66 Å². The van der Waals surface area contributed by atoms with Crippen molar-refractivity contribution in [2.45, 2.75) is 40.3 Å². The van der Waals surface area contributed by atoms with Crippen LogP contribution in [0.5, 0.6) is 0 Å². The summed E-state index contributed by atoms with van der Waals surface area (Å²) in [6.45, 7) is 8.83. The molecule has 0 saturated heterocycles. The van der Waals surface area contributed by atoms with Crippen LogP contribution in [0.1, 0.15) is 33.3 Å². The van der Waals surface area contributed by atoms with Crippen LogP contribution in [0.4, 0.5) is 0 Å². The van der Waals surface area contributed by atoms with Gasteiger partial charge in [-0.05, 0) is 12.5 Å². The molecule has 26 heavy (non-hydrogen) atoms. The van der Waals surface area contributed by atoms with Crippen LogP contribution in [0.3, 0.4) is 0 Å². The van der Waals surface area contributed by atoms with Crippen LogP contribution < -0.4 is 5.09 Å².